The van der Waals surface area contributed by atoms with E-state index in [9.17, 15) is 0 Å². The van der Waals surface area contributed by atoms with E-state index < -0.39 is 0 Å². The molecule has 0 saturated heterocycles. The molecule has 0 saturated carbocycles. The number of aromatic nitrogens is 3. The van der Waals surface area contributed by atoms with Crippen molar-refractivity contribution in [3.05, 3.63) is 64.2 Å². The Morgan fingerprint density at radius 1 is 1.29 bits per heavy atom. The second-order valence-corrected chi connectivity index (χ2v) is 5.63. The molecule has 3 rings (SSSR count). The van der Waals surface area contributed by atoms with Crippen molar-refractivity contribution < 1.29 is 0 Å². The van der Waals surface area contributed by atoms with Crippen LogP contribution in [-0.4, -0.2) is 21.6 Å². The molecular formula is C15H14Cl2N4. The summed E-state index contributed by atoms with van der Waals surface area (Å²) in [6.07, 6.45) is 7.94. The molecule has 6 heteroatoms. The van der Waals surface area contributed by atoms with Crippen molar-refractivity contribution in [1.29, 1.82) is 0 Å². The van der Waals surface area contributed by atoms with E-state index in [0.717, 1.165) is 23.1 Å². The molecule has 21 heavy (non-hydrogen) atoms. The molecule has 0 aliphatic rings. The van der Waals surface area contributed by atoms with E-state index in [0.29, 0.717) is 10.0 Å². The molecule has 0 amide bonds. The summed E-state index contributed by atoms with van der Waals surface area (Å²) in [4.78, 5) is 4.17. The van der Waals surface area contributed by atoms with Gasteiger partial charge in [0, 0.05) is 34.0 Å². The van der Waals surface area contributed by atoms with E-state index >= 15 is 0 Å². The molecule has 0 radical (unpaired) electrons. The van der Waals surface area contributed by atoms with Gasteiger partial charge in [0.05, 0.1) is 17.9 Å². The van der Waals surface area contributed by atoms with Gasteiger partial charge in [0.25, 0.3) is 0 Å². The van der Waals surface area contributed by atoms with Crippen LogP contribution in [-0.2, 0) is 6.42 Å². The van der Waals surface area contributed by atoms with Crippen LogP contribution in [0.3, 0.4) is 0 Å². The first-order valence-electron chi connectivity index (χ1n) is 6.57. The van der Waals surface area contributed by atoms with E-state index in [1.165, 1.54) is 0 Å². The average molecular weight is 321 g/mol. The number of nitrogens with zero attached hydrogens (tertiary/aromatic N) is 3. The van der Waals surface area contributed by atoms with Gasteiger partial charge in [-0.3, -0.25) is 4.98 Å². The standard InChI is InChI=1S/C15H14Cl2N4/c1-18-14(7-10-6-11(16)2-3-13(10)17)12-8-20-21-5-4-19-9-15(12)21/h2-6,8-9,14,18H,7H2,1H3. The summed E-state index contributed by atoms with van der Waals surface area (Å²) in [5.41, 5.74) is 3.07. The summed E-state index contributed by atoms with van der Waals surface area (Å²) in [5.74, 6) is 0. The molecule has 0 spiro atoms. The highest BCUT2D eigenvalue weighted by Crippen LogP contribution is 2.27. The van der Waals surface area contributed by atoms with Gasteiger partial charge in [0.15, 0.2) is 0 Å². The number of rotatable bonds is 4. The quantitative estimate of drug-likeness (QED) is 0.799. The van der Waals surface area contributed by atoms with Crippen LogP contribution in [0.1, 0.15) is 17.2 Å². The molecule has 2 heterocycles. The lowest BCUT2D eigenvalue weighted by molar-refractivity contribution is 0.596. The van der Waals surface area contributed by atoms with Gasteiger partial charge in [0.2, 0.25) is 0 Å². The lowest BCUT2D eigenvalue weighted by atomic mass is 10.0. The highest BCUT2D eigenvalue weighted by atomic mass is 35.5. The molecule has 108 valence electrons. The fraction of sp³-hybridized carbons (Fsp3) is 0.200. The van der Waals surface area contributed by atoms with Gasteiger partial charge in [-0.25, -0.2) is 4.52 Å². The molecule has 1 unspecified atom stereocenters. The van der Waals surface area contributed by atoms with E-state index in [2.05, 4.69) is 15.4 Å². The SMILES string of the molecule is CNC(Cc1cc(Cl)ccc1Cl)c1cnn2ccncc12. The normalized spacial score (nSPS) is 12.7. The number of fused-ring (bicyclic) bond motifs is 1. The zero-order chi connectivity index (χ0) is 14.8. The Labute approximate surface area is 132 Å². The Balaban J connectivity index is 1.97. The predicted molar refractivity (Wildman–Crippen MR) is 85.0 cm³/mol. The third-order valence-electron chi connectivity index (χ3n) is 3.51. The van der Waals surface area contributed by atoms with Crippen molar-refractivity contribution in [3.63, 3.8) is 0 Å². The van der Waals surface area contributed by atoms with Crippen molar-refractivity contribution >= 4 is 28.7 Å². The monoisotopic (exact) mass is 320 g/mol. The second kappa shape index (κ2) is 6.02. The molecule has 0 bridgehead atoms. The Kier molecular flexibility index (Phi) is 4.10. The minimum absolute atomic E-state index is 0.0858. The summed E-state index contributed by atoms with van der Waals surface area (Å²) in [5, 5.41) is 9.06. The highest BCUT2D eigenvalue weighted by Gasteiger charge is 2.17. The molecule has 1 atom stereocenters. The lowest BCUT2D eigenvalue weighted by Crippen LogP contribution is -2.19. The molecule has 1 aromatic carbocycles. The first-order chi connectivity index (χ1) is 10.2. The Morgan fingerprint density at radius 2 is 2.14 bits per heavy atom. The molecule has 0 aliphatic carbocycles. The zero-order valence-electron chi connectivity index (χ0n) is 11.4. The molecule has 3 aromatic rings. The maximum atomic E-state index is 6.26. The number of benzene rings is 1. The van der Waals surface area contributed by atoms with Gasteiger partial charge in [-0.15, -0.1) is 0 Å². The Bertz CT molecular complexity index is 769. The number of nitrogens with one attached hydrogen (secondary N) is 1. The smallest absolute Gasteiger partial charge is 0.0892 e. The van der Waals surface area contributed by atoms with Gasteiger partial charge in [-0.2, -0.15) is 5.10 Å². The largest absolute Gasteiger partial charge is 0.313 e. The average Bonchev–Trinajstić information content (AvgIpc) is 2.92. The van der Waals surface area contributed by atoms with Gasteiger partial charge < -0.3 is 5.32 Å². The van der Waals surface area contributed by atoms with Crippen LogP contribution in [0.2, 0.25) is 10.0 Å². The fourth-order valence-corrected chi connectivity index (χ4v) is 2.80. The Hall–Kier alpha value is -1.62. The summed E-state index contributed by atoms with van der Waals surface area (Å²) in [7, 11) is 1.92. The molecule has 0 fully saturated rings. The molecule has 1 N–H and O–H groups in total. The fourth-order valence-electron chi connectivity index (χ4n) is 2.41. The summed E-state index contributed by atoms with van der Waals surface area (Å²) in [6, 6.07) is 5.60. The maximum Gasteiger partial charge on any atom is 0.0892 e. The van der Waals surface area contributed by atoms with Crippen LogP contribution in [0.25, 0.3) is 5.52 Å². The van der Waals surface area contributed by atoms with Crippen LogP contribution in [0.15, 0.2) is 43.0 Å². The number of likely N-dealkylation sites (N-methyl/N-ethyl adjacent to an activating group) is 1. The van der Waals surface area contributed by atoms with Gasteiger partial charge in [-0.05, 0) is 37.2 Å². The van der Waals surface area contributed by atoms with E-state index in [1.807, 2.05) is 42.3 Å². The predicted octanol–water partition coefficient (Wildman–Crippen LogP) is 3.54. The third-order valence-corrected chi connectivity index (χ3v) is 4.11. The maximum absolute atomic E-state index is 6.26. The van der Waals surface area contributed by atoms with Crippen LogP contribution in [0.4, 0.5) is 0 Å². The third kappa shape index (κ3) is 2.88. The van der Waals surface area contributed by atoms with E-state index in [1.54, 1.807) is 12.3 Å². The number of hydrogen-bond acceptors (Lipinski definition) is 3. The van der Waals surface area contributed by atoms with Gasteiger partial charge >= 0.3 is 0 Å². The highest BCUT2D eigenvalue weighted by molar-refractivity contribution is 6.33. The van der Waals surface area contributed by atoms with E-state index in [-0.39, 0.29) is 6.04 Å². The van der Waals surface area contributed by atoms with Crippen molar-refractivity contribution in [1.82, 2.24) is 19.9 Å². The van der Waals surface area contributed by atoms with Crippen LogP contribution in [0.5, 0.6) is 0 Å². The van der Waals surface area contributed by atoms with Crippen LogP contribution in [0, 0.1) is 0 Å². The van der Waals surface area contributed by atoms with Crippen molar-refractivity contribution in [3.8, 4) is 0 Å². The lowest BCUT2D eigenvalue weighted by Gasteiger charge is -2.16. The summed E-state index contributed by atoms with van der Waals surface area (Å²) < 4.78 is 1.81. The van der Waals surface area contributed by atoms with Crippen molar-refractivity contribution in [2.75, 3.05) is 7.05 Å². The number of halogens is 2. The van der Waals surface area contributed by atoms with Crippen molar-refractivity contribution in [2.45, 2.75) is 12.5 Å². The van der Waals surface area contributed by atoms with Gasteiger partial charge in [0.1, 0.15) is 0 Å². The first kappa shape index (κ1) is 14.3. The van der Waals surface area contributed by atoms with Crippen LogP contribution >= 0.6 is 23.2 Å². The minimum atomic E-state index is 0.0858. The topological polar surface area (TPSA) is 42.2 Å². The van der Waals surface area contributed by atoms with Crippen LogP contribution < -0.4 is 5.32 Å². The molecule has 4 nitrogen and oxygen atoms in total. The van der Waals surface area contributed by atoms with Gasteiger partial charge in [-0.1, -0.05) is 23.2 Å². The van der Waals surface area contributed by atoms with E-state index in [4.69, 9.17) is 23.2 Å². The molecular weight excluding hydrogens is 307 g/mol. The summed E-state index contributed by atoms with van der Waals surface area (Å²) >= 11 is 12.3. The number of hydrogen-bond donors (Lipinski definition) is 1. The first-order valence-corrected chi connectivity index (χ1v) is 7.33. The Morgan fingerprint density at radius 3 is 2.95 bits per heavy atom. The molecule has 0 aliphatic heterocycles. The molecule has 2 aromatic heterocycles. The zero-order valence-corrected chi connectivity index (χ0v) is 12.9. The summed E-state index contributed by atoms with van der Waals surface area (Å²) in [6.45, 7) is 0. The second-order valence-electron chi connectivity index (χ2n) is 4.79. The van der Waals surface area contributed by atoms with Crippen molar-refractivity contribution in [2.24, 2.45) is 0 Å². The minimum Gasteiger partial charge on any atom is -0.313 e.